The maximum atomic E-state index is 6.66. The first kappa shape index (κ1) is 30.5. The molecule has 0 atom stereocenters. The number of benzene rings is 8. The summed E-state index contributed by atoms with van der Waals surface area (Å²) < 4.78 is 6.66. The first-order valence-corrected chi connectivity index (χ1v) is 17.5. The minimum atomic E-state index is 0.909. The second-order valence-electron chi connectivity index (χ2n) is 13.8. The maximum Gasteiger partial charge on any atom is 0.139 e. The Kier molecular flexibility index (Phi) is 7.18. The van der Waals surface area contributed by atoms with E-state index >= 15 is 0 Å². The maximum absolute atomic E-state index is 6.66. The molecule has 0 bridgehead atoms. The lowest BCUT2D eigenvalue weighted by Crippen LogP contribution is -2.55. The predicted molar refractivity (Wildman–Crippen MR) is 231 cm³/mol. The van der Waals surface area contributed by atoms with Crippen molar-refractivity contribution in [3.63, 3.8) is 0 Å². The van der Waals surface area contributed by atoms with Crippen LogP contribution < -0.4 is 27.3 Å². The minimum absolute atomic E-state index is 0.909. The molecule has 1 aromatic heterocycles. The van der Waals surface area contributed by atoms with Crippen molar-refractivity contribution in [3.8, 4) is 44.5 Å². The van der Waals surface area contributed by atoms with Crippen LogP contribution in [-0.2, 0) is 0 Å². The van der Waals surface area contributed by atoms with Gasteiger partial charge < -0.3 is 4.42 Å². The minimum Gasteiger partial charge on any atom is -0.456 e. The average Bonchev–Trinajstić information content (AvgIpc) is 3.54. The third-order valence-corrected chi connectivity index (χ3v) is 11.2. The molecule has 9 rings (SSSR count). The largest absolute Gasteiger partial charge is 0.456 e. The Balaban J connectivity index is 1.31. The van der Waals surface area contributed by atoms with Crippen LogP contribution >= 0.6 is 0 Å². The number of rotatable bonds is 4. The zero-order chi connectivity index (χ0) is 34.1. The van der Waals surface area contributed by atoms with Crippen molar-refractivity contribution in [3.05, 3.63) is 140 Å². The van der Waals surface area contributed by atoms with E-state index in [0.717, 1.165) is 21.9 Å². The number of hydrogen-bond acceptors (Lipinski definition) is 1. The first-order valence-electron chi connectivity index (χ1n) is 17.5. The third-order valence-electron chi connectivity index (χ3n) is 11.2. The third kappa shape index (κ3) is 4.62. The molecule has 0 saturated carbocycles. The van der Waals surface area contributed by atoms with E-state index in [4.69, 9.17) is 4.42 Å². The number of fused-ring (bicyclic) bond motifs is 5. The van der Waals surface area contributed by atoms with Gasteiger partial charge >= 0.3 is 0 Å². The van der Waals surface area contributed by atoms with Crippen LogP contribution in [0.5, 0.6) is 0 Å². The molecule has 0 radical (unpaired) electrons. The summed E-state index contributed by atoms with van der Waals surface area (Å²) in [6.45, 7) is 0. The van der Waals surface area contributed by atoms with Gasteiger partial charge in [0.05, 0.1) is 0 Å². The van der Waals surface area contributed by atoms with E-state index in [0.29, 0.717) is 0 Å². The van der Waals surface area contributed by atoms with Crippen LogP contribution in [0.3, 0.4) is 0 Å². The van der Waals surface area contributed by atoms with Gasteiger partial charge in [-0.2, -0.15) is 0 Å². The highest BCUT2D eigenvalue weighted by atomic mass is 16.3. The van der Waals surface area contributed by atoms with Crippen LogP contribution in [0.1, 0.15) is 0 Å². The van der Waals surface area contributed by atoms with Gasteiger partial charge in [-0.15, -0.1) is 16.4 Å². The summed E-state index contributed by atoms with van der Waals surface area (Å²) >= 11 is 0. The molecule has 0 N–H and O–H groups in total. The Labute approximate surface area is 297 Å². The Bertz CT molecular complexity index is 2780. The Morgan fingerprint density at radius 1 is 0.320 bits per heavy atom. The average molecular weight is 632 g/mol. The molecule has 0 spiro atoms. The number of hydrogen-bond donors (Lipinski definition) is 0. The molecule has 0 saturated heterocycles. The summed E-state index contributed by atoms with van der Waals surface area (Å²) in [6, 6.07) is 50.8. The van der Waals surface area contributed by atoms with Crippen molar-refractivity contribution in [2.24, 2.45) is 0 Å². The summed E-state index contributed by atoms with van der Waals surface area (Å²) in [6.07, 6.45) is 0. The van der Waals surface area contributed by atoms with Crippen molar-refractivity contribution in [1.82, 2.24) is 0 Å². The molecule has 50 heavy (non-hydrogen) atoms. The zero-order valence-electron chi connectivity index (χ0n) is 29.2. The van der Waals surface area contributed by atoms with Gasteiger partial charge in [0, 0.05) is 10.8 Å². The summed E-state index contributed by atoms with van der Waals surface area (Å²) in [5, 5.41) is 7.32. The fourth-order valence-corrected chi connectivity index (χ4v) is 8.33. The van der Waals surface area contributed by atoms with Crippen molar-refractivity contribution < 1.29 is 4.42 Å². The molecule has 0 aliphatic rings. The monoisotopic (exact) mass is 632 g/mol. The van der Waals surface area contributed by atoms with Gasteiger partial charge in [0.1, 0.15) is 50.4 Å². The molecule has 0 unspecified atom stereocenters. The fourth-order valence-electron chi connectivity index (χ4n) is 8.33. The van der Waals surface area contributed by atoms with Crippen molar-refractivity contribution in [1.29, 1.82) is 0 Å². The van der Waals surface area contributed by atoms with Crippen LogP contribution in [0.25, 0.3) is 88.0 Å². The fraction of sp³-hybridized carbons (Fsp3) is 0. The van der Waals surface area contributed by atoms with Gasteiger partial charge in [-0.1, -0.05) is 126 Å². The highest BCUT2D eigenvalue weighted by Crippen LogP contribution is 2.46. The van der Waals surface area contributed by atoms with E-state index in [9.17, 15) is 0 Å². The smallest absolute Gasteiger partial charge is 0.139 e. The molecule has 0 aliphatic heterocycles. The molecule has 0 amide bonds. The Hall–Kier alpha value is -5.60. The normalized spacial score (nSPS) is 11.6. The summed E-state index contributed by atoms with van der Waals surface area (Å²) in [5.74, 6) is 0. The topological polar surface area (TPSA) is 13.1 Å². The van der Waals surface area contributed by atoms with Crippen LogP contribution in [0.15, 0.2) is 144 Å². The summed E-state index contributed by atoms with van der Waals surface area (Å²) in [5.41, 5.74) is 18.5. The quantitative estimate of drug-likeness (QED) is 0.213. The van der Waals surface area contributed by atoms with E-state index in [1.54, 1.807) is 0 Å². The summed E-state index contributed by atoms with van der Waals surface area (Å²) in [7, 11) is 11.2. The highest BCUT2D eigenvalue weighted by Gasteiger charge is 2.20. The molecular formula is C44H33B5O. The van der Waals surface area contributed by atoms with Gasteiger partial charge in [-0.05, 0) is 90.3 Å². The second-order valence-corrected chi connectivity index (χ2v) is 13.8. The van der Waals surface area contributed by atoms with Gasteiger partial charge in [0.2, 0.25) is 0 Å². The van der Waals surface area contributed by atoms with E-state index < -0.39 is 0 Å². The molecule has 6 heteroatoms. The Morgan fingerprint density at radius 3 is 1.48 bits per heavy atom. The van der Waals surface area contributed by atoms with E-state index in [1.165, 1.54) is 93.4 Å². The molecule has 230 valence electrons. The lowest BCUT2D eigenvalue weighted by atomic mass is 9.59. The van der Waals surface area contributed by atoms with E-state index in [-0.39, 0.29) is 0 Å². The van der Waals surface area contributed by atoms with Crippen LogP contribution in [0, 0.1) is 0 Å². The second kappa shape index (κ2) is 11.8. The predicted octanol–water partition coefficient (Wildman–Crippen LogP) is 3.85. The molecule has 1 heterocycles. The van der Waals surface area contributed by atoms with Crippen molar-refractivity contribution >= 4 is 110 Å². The number of furan rings is 1. The molecule has 0 fully saturated rings. The molecule has 9 aromatic rings. The molecule has 1 nitrogen and oxygen atoms in total. The zero-order valence-corrected chi connectivity index (χ0v) is 29.2. The van der Waals surface area contributed by atoms with Gasteiger partial charge in [0.15, 0.2) is 0 Å². The summed E-state index contributed by atoms with van der Waals surface area (Å²) in [4.78, 5) is 0. The first-order chi connectivity index (χ1) is 24.4. The SMILES string of the molecule is Bc1c(B)c(B)c(-c2ccc3c(c2)oc2cccc(-c4ccc5c(-c6ccccc6)c6ccccc6c(-c6ccccc6)c5c4)c23)c(B)c1B. The van der Waals surface area contributed by atoms with Crippen LogP contribution in [-0.4, -0.2) is 39.2 Å². The molecular weight excluding hydrogens is 599 g/mol. The lowest BCUT2D eigenvalue weighted by molar-refractivity contribution is 0.669. The van der Waals surface area contributed by atoms with Crippen LogP contribution in [0.2, 0.25) is 0 Å². The molecule has 8 aromatic carbocycles. The van der Waals surface area contributed by atoms with E-state index in [1.807, 2.05) is 0 Å². The van der Waals surface area contributed by atoms with Gasteiger partial charge in [-0.25, -0.2) is 0 Å². The standard InChI is InChI=1S/C44H33B5O/c45-40-38(41(46)43(48)44(49)42(40)47)27-19-21-32-35(23-27)50-34-17-9-16-28(39(32)34)26-18-20-31-33(22-26)37(25-12-5-2-6-13-25)30-15-8-7-14-29(30)36(31)24-10-3-1-4-11-24/h1-23H,45-49H2. The van der Waals surface area contributed by atoms with E-state index in [2.05, 4.69) is 179 Å². The van der Waals surface area contributed by atoms with Gasteiger partial charge in [-0.3, -0.25) is 0 Å². The van der Waals surface area contributed by atoms with Crippen molar-refractivity contribution in [2.75, 3.05) is 0 Å². The van der Waals surface area contributed by atoms with Crippen LogP contribution in [0.4, 0.5) is 0 Å². The van der Waals surface area contributed by atoms with Gasteiger partial charge in [0.25, 0.3) is 0 Å². The Morgan fingerprint density at radius 2 is 0.840 bits per heavy atom. The highest BCUT2D eigenvalue weighted by molar-refractivity contribution is 6.68. The lowest BCUT2D eigenvalue weighted by Gasteiger charge is -2.20. The van der Waals surface area contributed by atoms with Crippen molar-refractivity contribution in [2.45, 2.75) is 0 Å². The molecule has 0 aliphatic carbocycles.